The van der Waals surface area contributed by atoms with Crippen LogP contribution in [0.3, 0.4) is 0 Å². The Morgan fingerprint density at radius 3 is 2.22 bits per heavy atom. The SMILES string of the molecule is CCCCCCCCCCc1cccc2sc3ccccc3c12. The standard InChI is InChI=1S/C22H28S/c1-2-3-4-5-6-7-8-9-13-18-14-12-17-21-22(18)19-15-10-11-16-20(19)23-21/h10-12,14-17H,2-9,13H2,1H3. The number of fused-ring (bicyclic) bond motifs is 3. The molecule has 0 atom stereocenters. The summed E-state index contributed by atoms with van der Waals surface area (Å²) < 4.78 is 2.87. The summed E-state index contributed by atoms with van der Waals surface area (Å²) in [5.41, 5.74) is 1.55. The number of rotatable bonds is 9. The molecule has 0 aliphatic carbocycles. The monoisotopic (exact) mass is 324 g/mol. The molecule has 3 rings (SSSR count). The number of benzene rings is 2. The van der Waals surface area contributed by atoms with E-state index in [4.69, 9.17) is 0 Å². The van der Waals surface area contributed by atoms with Crippen LogP contribution < -0.4 is 0 Å². The highest BCUT2D eigenvalue weighted by Crippen LogP contribution is 2.36. The second kappa shape index (κ2) is 8.49. The van der Waals surface area contributed by atoms with Crippen molar-refractivity contribution < 1.29 is 0 Å². The number of hydrogen-bond donors (Lipinski definition) is 0. The minimum Gasteiger partial charge on any atom is -0.135 e. The van der Waals surface area contributed by atoms with Crippen LogP contribution in [-0.4, -0.2) is 0 Å². The van der Waals surface area contributed by atoms with Crippen molar-refractivity contribution in [1.82, 2.24) is 0 Å². The Bertz CT molecular complexity index is 738. The van der Waals surface area contributed by atoms with Gasteiger partial charge < -0.3 is 0 Å². The zero-order valence-electron chi connectivity index (χ0n) is 14.3. The van der Waals surface area contributed by atoms with Crippen LogP contribution in [0.15, 0.2) is 42.5 Å². The van der Waals surface area contributed by atoms with Crippen molar-refractivity contribution >= 4 is 31.5 Å². The predicted molar refractivity (Wildman–Crippen MR) is 106 cm³/mol. The summed E-state index contributed by atoms with van der Waals surface area (Å²) in [6.07, 6.45) is 12.4. The third-order valence-corrected chi connectivity index (χ3v) is 5.92. The van der Waals surface area contributed by atoms with Gasteiger partial charge in [-0.3, -0.25) is 0 Å². The minimum absolute atomic E-state index is 1.23. The van der Waals surface area contributed by atoms with E-state index in [1.807, 2.05) is 11.3 Å². The summed E-state index contributed by atoms with van der Waals surface area (Å²) in [6.45, 7) is 2.29. The van der Waals surface area contributed by atoms with Gasteiger partial charge in [-0.15, -0.1) is 11.3 Å². The van der Waals surface area contributed by atoms with Crippen molar-refractivity contribution in [2.24, 2.45) is 0 Å². The van der Waals surface area contributed by atoms with Gasteiger partial charge in [-0.25, -0.2) is 0 Å². The van der Waals surface area contributed by atoms with Crippen molar-refractivity contribution in [1.29, 1.82) is 0 Å². The molecule has 0 aliphatic heterocycles. The lowest BCUT2D eigenvalue weighted by molar-refractivity contribution is 0.576. The predicted octanol–water partition coefficient (Wildman–Crippen LogP) is 7.74. The third-order valence-electron chi connectivity index (χ3n) is 4.79. The van der Waals surface area contributed by atoms with E-state index in [2.05, 4.69) is 49.4 Å². The highest BCUT2D eigenvalue weighted by atomic mass is 32.1. The average Bonchev–Trinajstić information content (AvgIpc) is 2.96. The third kappa shape index (κ3) is 4.14. The lowest BCUT2D eigenvalue weighted by Crippen LogP contribution is -1.87. The molecule has 0 N–H and O–H groups in total. The highest BCUT2D eigenvalue weighted by Gasteiger charge is 2.08. The first-order valence-corrected chi connectivity index (χ1v) is 10.1. The molecule has 23 heavy (non-hydrogen) atoms. The molecule has 2 aromatic carbocycles. The van der Waals surface area contributed by atoms with Crippen molar-refractivity contribution in [2.45, 2.75) is 64.7 Å². The second-order valence-corrected chi connectivity index (χ2v) is 7.70. The highest BCUT2D eigenvalue weighted by molar-refractivity contribution is 7.25. The summed E-state index contributed by atoms with van der Waals surface area (Å²) in [4.78, 5) is 0. The summed E-state index contributed by atoms with van der Waals surface area (Å²) in [5.74, 6) is 0. The molecule has 1 heterocycles. The molecule has 0 bridgehead atoms. The molecule has 0 spiro atoms. The fourth-order valence-corrected chi connectivity index (χ4v) is 4.66. The quantitative estimate of drug-likeness (QED) is 0.353. The maximum absolute atomic E-state index is 2.34. The summed E-state index contributed by atoms with van der Waals surface area (Å²) >= 11 is 1.93. The molecule has 0 aliphatic rings. The molecule has 3 aromatic rings. The molecule has 1 aromatic heterocycles. The average molecular weight is 325 g/mol. The van der Waals surface area contributed by atoms with E-state index < -0.39 is 0 Å². The maximum Gasteiger partial charge on any atom is 0.0358 e. The van der Waals surface area contributed by atoms with Crippen LogP contribution in [-0.2, 0) is 6.42 Å². The van der Waals surface area contributed by atoms with E-state index in [1.54, 1.807) is 5.56 Å². The Hall–Kier alpha value is -1.34. The van der Waals surface area contributed by atoms with Crippen LogP contribution in [0.2, 0.25) is 0 Å². The van der Waals surface area contributed by atoms with Gasteiger partial charge >= 0.3 is 0 Å². The van der Waals surface area contributed by atoms with Gasteiger partial charge in [0.1, 0.15) is 0 Å². The van der Waals surface area contributed by atoms with Crippen LogP contribution in [0.1, 0.15) is 63.9 Å². The van der Waals surface area contributed by atoms with Crippen LogP contribution in [0.4, 0.5) is 0 Å². The topological polar surface area (TPSA) is 0 Å². The summed E-state index contributed by atoms with van der Waals surface area (Å²) in [6, 6.07) is 15.7. The first-order chi connectivity index (χ1) is 11.4. The smallest absolute Gasteiger partial charge is 0.0358 e. The van der Waals surface area contributed by atoms with E-state index in [0.717, 1.165) is 0 Å². The second-order valence-electron chi connectivity index (χ2n) is 6.61. The van der Waals surface area contributed by atoms with Crippen LogP contribution in [0.5, 0.6) is 0 Å². The van der Waals surface area contributed by atoms with Crippen LogP contribution in [0.25, 0.3) is 20.2 Å². The van der Waals surface area contributed by atoms with Gasteiger partial charge in [-0.1, -0.05) is 82.2 Å². The van der Waals surface area contributed by atoms with Crippen LogP contribution in [0, 0.1) is 0 Å². The molecule has 0 nitrogen and oxygen atoms in total. The molecule has 0 radical (unpaired) electrons. The Labute approximate surface area is 144 Å². The maximum atomic E-state index is 2.34. The van der Waals surface area contributed by atoms with Gasteiger partial charge in [0.05, 0.1) is 0 Å². The van der Waals surface area contributed by atoms with Crippen molar-refractivity contribution in [3.63, 3.8) is 0 Å². The van der Waals surface area contributed by atoms with Gasteiger partial charge in [0, 0.05) is 20.2 Å². The molecule has 0 amide bonds. The number of unbranched alkanes of at least 4 members (excludes halogenated alkanes) is 7. The number of aryl methyl sites for hydroxylation is 1. The summed E-state index contributed by atoms with van der Waals surface area (Å²) in [7, 11) is 0. The van der Waals surface area contributed by atoms with E-state index in [0.29, 0.717) is 0 Å². The fraction of sp³-hybridized carbons (Fsp3) is 0.455. The molecule has 122 valence electrons. The first-order valence-electron chi connectivity index (χ1n) is 9.29. The molecule has 1 heteroatoms. The lowest BCUT2D eigenvalue weighted by Gasteiger charge is -2.05. The Balaban J connectivity index is 1.58. The van der Waals surface area contributed by atoms with Gasteiger partial charge in [0.2, 0.25) is 0 Å². The fourth-order valence-electron chi connectivity index (χ4n) is 3.51. The van der Waals surface area contributed by atoms with Gasteiger partial charge in [-0.2, -0.15) is 0 Å². The molecule has 0 unspecified atom stereocenters. The minimum atomic E-state index is 1.23. The normalized spacial score (nSPS) is 11.5. The van der Waals surface area contributed by atoms with E-state index >= 15 is 0 Å². The zero-order chi connectivity index (χ0) is 15.9. The van der Waals surface area contributed by atoms with Gasteiger partial charge in [-0.05, 0) is 30.5 Å². The zero-order valence-corrected chi connectivity index (χ0v) is 15.1. The van der Waals surface area contributed by atoms with Crippen molar-refractivity contribution in [3.8, 4) is 0 Å². The van der Waals surface area contributed by atoms with Gasteiger partial charge in [0.25, 0.3) is 0 Å². The molecule has 0 fully saturated rings. The van der Waals surface area contributed by atoms with E-state index in [9.17, 15) is 0 Å². The number of hydrogen-bond acceptors (Lipinski definition) is 1. The largest absolute Gasteiger partial charge is 0.135 e. The number of thiophene rings is 1. The molecule has 0 saturated carbocycles. The van der Waals surface area contributed by atoms with E-state index in [-0.39, 0.29) is 0 Å². The van der Waals surface area contributed by atoms with Gasteiger partial charge in [0.15, 0.2) is 0 Å². The Kier molecular flexibility index (Phi) is 6.10. The summed E-state index contributed by atoms with van der Waals surface area (Å²) in [5, 5.41) is 2.96. The van der Waals surface area contributed by atoms with E-state index in [1.165, 1.54) is 78.0 Å². The first kappa shape index (κ1) is 16.5. The Morgan fingerprint density at radius 1 is 0.696 bits per heavy atom. The lowest BCUT2D eigenvalue weighted by atomic mass is 10.00. The molecule has 0 saturated heterocycles. The molecular weight excluding hydrogens is 296 g/mol. The van der Waals surface area contributed by atoms with Crippen molar-refractivity contribution in [3.05, 3.63) is 48.0 Å². The molecular formula is C22H28S. The van der Waals surface area contributed by atoms with Crippen LogP contribution >= 0.6 is 11.3 Å². The Morgan fingerprint density at radius 2 is 1.39 bits per heavy atom. The van der Waals surface area contributed by atoms with Crippen molar-refractivity contribution in [2.75, 3.05) is 0 Å².